The molecule has 3 rings (SSSR count). The minimum absolute atomic E-state index is 0.236. The van der Waals surface area contributed by atoms with Gasteiger partial charge >= 0.3 is 0 Å². The van der Waals surface area contributed by atoms with Crippen LogP contribution in [0.3, 0.4) is 0 Å². The molecule has 26 heavy (non-hydrogen) atoms. The average Bonchev–Trinajstić information content (AvgIpc) is 3.18. The Morgan fingerprint density at radius 1 is 1.42 bits per heavy atom. The molecule has 1 aliphatic rings. The van der Waals surface area contributed by atoms with Crippen LogP contribution in [0.25, 0.3) is 0 Å². The maximum Gasteiger partial charge on any atom is 0.274 e. The molecule has 9 nitrogen and oxygen atoms in total. The number of anilines is 1. The highest BCUT2D eigenvalue weighted by Gasteiger charge is 2.19. The highest BCUT2D eigenvalue weighted by atomic mass is 16.5. The van der Waals surface area contributed by atoms with Crippen molar-refractivity contribution in [2.24, 2.45) is 7.05 Å². The molecule has 0 aromatic carbocycles. The lowest BCUT2D eigenvalue weighted by molar-refractivity contribution is 0.0792. The molecule has 0 spiro atoms. The number of carbonyl (C=O) groups excluding carboxylic acids is 1. The maximum absolute atomic E-state index is 12.4. The van der Waals surface area contributed by atoms with Crippen LogP contribution in [0, 0.1) is 0 Å². The van der Waals surface area contributed by atoms with Gasteiger partial charge in [0.2, 0.25) is 0 Å². The summed E-state index contributed by atoms with van der Waals surface area (Å²) in [7, 11) is 3.21. The molecule has 3 heterocycles. The van der Waals surface area contributed by atoms with Crippen LogP contribution in [-0.2, 0) is 11.8 Å². The van der Waals surface area contributed by atoms with Crippen LogP contribution < -0.4 is 10.9 Å². The lowest BCUT2D eigenvalue weighted by atomic mass is 10.1. The van der Waals surface area contributed by atoms with E-state index in [1.54, 1.807) is 18.3 Å². The molecule has 2 aromatic rings. The predicted molar refractivity (Wildman–Crippen MR) is 95.1 cm³/mol. The number of carbonyl (C=O) groups is 1. The number of amides is 1. The Bertz CT molecular complexity index is 831. The van der Waals surface area contributed by atoms with Crippen molar-refractivity contribution in [2.75, 3.05) is 38.7 Å². The predicted octanol–water partition coefficient (Wildman–Crippen LogP) is 0.258. The molecule has 0 unspecified atom stereocenters. The number of aryl methyl sites for hydroxylation is 1. The van der Waals surface area contributed by atoms with Gasteiger partial charge in [-0.15, -0.1) is 0 Å². The second kappa shape index (κ2) is 8.05. The van der Waals surface area contributed by atoms with Crippen molar-refractivity contribution in [1.29, 1.82) is 0 Å². The standard InChI is InChI=1S/C17H22N6O3/c1-22(17(25)13-3-4-16(24)23(2)21-13)7-6-18-15-9-14(19-11-20-15)12-5-8-26-10-12/h3-4,9,11-12H,5-8,10H2,1-2H3,(H,18,19,20)/t12-/m0/s1. The van der Waals surface area contributed by atoms with Crippen LogP contribution >= 0.6 is 0 Å². The number of nitrogens with zero attached hydrogens (tertiary/aromatic N) is 5. The molecule has 138 valence electrons. The van der Waals surface area contributed by atoms with Gasteiger partial charge in [0.25, 0.3) is 11.5 Å². The number of rotatable bonds is 6. The van der Waals surface area contributed by atoms with Crippen molar-refractivity contribution < 1.29 is 9.53 Å². The Kier molecular flexibility index (Phi) is 5.57. The van der Waals surface area contributed by atoms with Gasteiger partial charge in [-0.1, -0.05) is 0 Å². The molecule has 0 aliphatic carbocycles. The van der Waals surface area contributed by atoms with Gasteiger partial charge in [0.1, 0.15) is 17.8 Å². The maximum atomic E-state index is 12.4. The Balaban J connectivity index is 1.54. The molecule has 1 saturated heterocycles. The summed E-state index contributed by atoms with van der Waals surface area (Å²) in [5, 5.41) is 7.18. The van der Waals surface area contributed by atoms with E-state index >= 15 is 0 Å². The van der Waals surface area contributed by atoms with Crippen LogP contribution in [0.1, 0.15) is 28.5 Å². The van der Waals surface area contributed by atoms with E-state index in [-0.39, 0.29) is 17.2 Å². The smallest absolute Gasteiger partial charge is 0.274 e. The van der Waals surface area contributed by atoms with Crippen molar-refractivity contribution in [1.82, 2.24) is 24.6 Å². The summed E-state index contributed by atoms with van der Waals surface area (Å²) in [6.45, 7) is 2.46. The largest absolute Gasteiger partial charge is 0.381 e. The Labute approximate surface area is 151 Å². The number of ether oxygens (including phenoxy) is 1. The summed E-state index contributed by atoms with van der Waals surface area (Å²) in [5.74, 6) is 0.801. The molecule has 9 heteroatoms. The zero-order chi connectivity index (χ0) is 18.5. The van der Waals surface area contributed by atoms with Gasteiger partial charge in [0.15, 0.2) is 0 Å². The third-order valence-electron chi connectivity index (χ3n) is 4.32. The third-order valence-corrected chi connectivity index (χ3v) is 4.32. The molecule has 2 aromatic heterocycles. The van der Waals surface area contributed by atoms with Crippen LogP contribution in [0.2, 0.25) is 0 Å². The minimum atomic E-state index is -0.252. The summed E-state index contributed by atoms with van der Waals surface area (Å²) in [6.07, 6.45) is 2.51. The van der Waals surface area contributed by atoms with E-state index in [2.05, 4.69) is 20.4 Å². The average molecular weight is 358 g/mol. The van der Waals surface area contributed by atoms with Crippen molar-refractivity contribution in [3.8, 4) is 0 Å². The summed E-state index contributed by atoms with van der Waals surface area (Å²) in [4.78, 5) is 33.8. The molecule has 0 saturated carbocycles. The first-order chi connectivity index (χ1) is 12.5. The van der Waals surface area contributed by atoms with Crippen molar-refractivity contribution in [2.45, 2.75) is 12.3 Å². The lowest BCUT2D eigenvalue weighted by Gasteiger charge is -2.17. The summed E-state index contributed by atoms with van der Waals surface area (Å²) in [5.41, 5.74) is 0.956. The van der Waals surface area contributed by atoms with Gasteiger partial charge in [-0.2, -0.15) is 5.10 Å². The van der Waals surface area contributed by atoms with Gasteiger partial charge in [-0.3, -0.25) is 9.59 Å². The number of hydrogen-bond donors (Lipinski definition) is 1. The van der Waals surface area contributed by atoms with E-state index in [0.717, 1.165) is 29.2 Å². The highest BCUT2D eigenvalue weighted by Crippen LogP contribution is 2.24. The van der Waals surface area contributed by atoms with Gasteiger partial charge < -0.3 is 15.0 Å². The molecule has 0 radical (unpaired) electrons. The van der Waals surface area contributed by atoms with Crippen molar-refractivity contribution in [3.63, 3.8) is 0 Å². The minimum Gasteiger partial charge on any atom is -0.381 e. The Morgan fingerprint density at radius 3 is 3.00 bits per heavy atom. The van der Waals surface area contributed by atoms with Crippen LogP contribution in [0.5, 0.6) is 0 Å². The molecule has 1 amide bonds. The zero-order valence-corrected chi connectivity index (χ0v) is 14.9. The van der Waals surface area contributed by atoms with Crippen LogP contribution in [0.15, 0.2) is 29.3 Å². The normalized spacial score (nSPS) is 16.5. The molecule has 1 aliphatic heterocycles. The zero-order valence-electron chi connectivity index (χ0n) is 14.9. The van der Waals surface area contributed by atoms with E-state index < -0.39 is 0 Å². The number of hydrogen-bond acceptors (Lipinski definition) is 7. The first kappa shape index (κ1) is 18.0. The Morgan fingerprint density at radius 2 is 2.27 bits per heavy atom. The van der Waals surface area contributed by atoms with Crippen molar-refractivity contribution in [3.05, 3.63) is 46.3 Å². The third kappa shape index (κ3) is 4.23. The van der Waals surface area contributed by atoms with Gasteiger partial charge in [-0.05, 0) is 12.5 Å². The van der Waals surface area contributed by atoms with Crippen molar-refractivity contribution >= 4 is 11.7 Å². The SMILES string of the molecule is CN(CCNc1cc([C@H]2CCOC2)ncn1)C(=O)c1ccc(=O)n(C)n1. The molecular weight excluding hydrogens is 336 g/mol. The number of likely N-dealkylation sites (N-methyl/N-ethyl adjacent to an activating group) is 1. The van der Waals surface area contributed by atoms with Gasteiger partial charge in [0.05, 0.1) is 12.3 Å². The second-order valence-electron chi connectivity index (χ2n) is 6.22. The quantitative estimate of drug-likeness (QED) is 0.790. The first-order valence-electron chi connectivity index (χ1n) is 8.48. The number of nitrogens with one attached hydrogen (secondary N) is 1. The first-order valence-corrected chi connectivity index (χ1v) is 8.48. The molecule has 1 atom stereocenters. The summed E-state index contributed by atoms with van der Waals surface area (Å²) in [6, 6.07) is 4.70. The van der Waals surface area contributed by atoms with Crippen LogP contribution in [0.4, 0.5) is 5.82 Å². The van der Waals surface area contributed by atoms with Gasteiger partial charge in [0, 0.05) is 51.8 Å². The second-order valence-corrected chi connectivity index (χ2v) is 6.22. The van der Waals surface area contributed by atoms with E-state index in [9.17, 15) is 9.59 Å². The molecule has 1 fully saturated rings. The topological polar surface area (TPSA) is 102 Å². The Hall–Kier alpha value is -2.81. The molecule has 1 N–H and O–H groups in total. The van der Waals surface area contributed by atoms with E-state index in [0.29, 0.717) is 25.6 Å². The lowest BCUT2D eigenvalue weighted by Crippen LogP contribution is -2.33. The molecule has 0 bridgehead atoms. The summed E-state index contributed by atoms with van der Waals surface area (Å²) < 4.78 is 6.54. The van der Waals surface area contributed by atoms with E-state index in [1.807, 2.05) is 6.07 Å². The fourth-order valence-electron chi connectivity index (χ4n) is 2.73. The van der Waals surface area contributed by atoms with E-state index in [4.69, 9.17) is 4.74 Å². The highest BCUT2D eigenvalue weighted by molar-refractivity contribution is 5.91. The number of aromatic nitrogens is 4. The van der Waals surface area contributed by atoms with E-state index in [1.165, 1.54) is 19.2 Å². The van der Waals surface area contributed by atoms with Gasteiger partial charge in [-0.25, -0.2) is 14.6 Å². The fourth-order valence-corrected chi connectivity index (χ4v) is 2.73. The summed E-state index contributed by atoms with van der Waals surface area (Å²) >= 11 is 0. The van der Waals surface area contributed by atoms with Crippen LogP contribution in [-0.4, -0.2) is 63.9 Å². The fraction of sp³-hybridized carbons (Fsp3) is 0.471. The monoisotopic (exact) mass is 358 g/mol. The molecular formula is C17H22N6O3.